The number of nitrogens with one attached hydrogen (secondary N) is 2. The molecular formula is C26H19FN4O. The maximum atomic E-state index is 13.1. The summed E-state index contributed by atoms with van der Waals surface area (Å²) in [6.45, 7) is 0. The summed E-state index contributed by atoms with van der Waals surface area (Å²) in [4.78, 5) is 24.8. The predicted molar refractivity (Wildman–Crippen MR) is 123 cm³/mol. The number of H-pyrrole nitrogens is 1. The molecule has 0 saturated heterocycles. The van der Waals surface area contributed by atoms with E-state index in [9.17, 15) is 9.18 Å². The van der Waals surface area contributed by atoms with E-state index in [1.807, 2.05) is 54.6 Å². The summed E-state index contributed by atoms with van der Waals surface area (Å²) in [5.41, 5.74) is 6.37. The molecule has 1 amide bonds. The van der Waals surface area contributed by atoms with Crippen LogP contribution in [0.25, 0.3) is 33.4 Å². The van der Waals surface area contributed by atoms with Gasteiger partial charge in [0.2, 0.25) is 5.91 Å². The van der Waals surface area contributed by atoms with E-state index in [0.29, 0.717) is 5.82 Å². The quantitative estimate of drug-likeness (QED) is 0.387. The first-order valence-corrected chi connectivity index (χ1v) is 10.2. The molecule has 5 nitrogen and oxygen atoms in total. The Morgan fingerprint density at radius 2 is 1.69 bits per heavy atom. The van der Waals surface area contributed by atoms with Crippen LogP contribution in [0, 0.1) is 5.82 Å². The highest BCUT2D eigenvalue weighted by atomic mass is 19.1. The van der Waals surface area contributed by atoms with Gasteiger partial charge in [0.05, 0.1) is 23.1 Å². The first-order valence-electron chi connectivity index (χ1n) is 10.2. The van der Waals surface area contributed by atoms with Crippen LogP contribution < -0.4 is 5.32 Å². The van der Waals surface area contributed by atoms with Crippen molar-refractivity contribution >= 4 is 22.8 Å². The summed E-state index contributed by atoms with van der Waals surface area (Å²) in [6, 6.07) is 23.6. The minimum Gasteiger partial charge on any atom is -0.353 e. The third-order valence-corrected chi connectivity index (χ3v) is 5.21. The number of nitrogens with zero attached hydrogens (tertiary/aromatic N) is 2. The molecule has 0 unspecified atom stereocenters. The molecule has 6 heteroatoms. The second kappa shape index (κ2) is 8.43. The number of hydrogen-bond donors (Lipinski definition) is 2. The normalized spacial score (nSPS) is 10.9. The molecule has 3 aromatic heterocycles. The zero-order chi connectivity index (χ0) is 21.9. The molecule has 5 rings (SSSR count). The second-order valence-electron chi connectivity index (χ2n) is 7.42. The number of hydrogen-bond acceptors (Lipinski definition) is 3. The Balaban J connectivity index is 1.48. The molecule has 0 fully saturated rings. The summed E-state index contributed by atoms with van der Waals surface area (Å²) >= 11 is 0. The van der Waals surface area contributed by atoms with Crippen molar-refractivity contribution in [2.45, 2.75) is 6.42 Å². The molecule has 0 spiro atoms. The molecule has 0 atom stereocenters. The molecule has 2 N–H and O–H groups in total. The van der Waals surface area contributed by atoms with Crippen molar-refractivity contribution in [1.29, 1.82) is 0 Å². The van der Waals surface area contributed by atoms with Gasteiger partial charge in [-0.25, -0.2) is 9.37 Å². The van der Waals surface area contributed by atoms with E-state index >= 15 is 0 Å². The maximum Gasteiger partial charge on any atom is 0.229 e. The summed E-state index contributed by atoms with van der Waals surface area (Å²) in [7, 11) is 0. The van der Waals surface area contributed by atoms with Crippen molar-refractivity contribution in [3.05, 3.63) is 103 Å². The van der Waals surface area contributed by atoms with Crippen molar-refractivity contribution in [2.75, 3.05) is 5.32 Å². The van der Waals surface area contributed by atoms with Crippen LogP contribution >= 0.6 is 0 Å². The number of carbonyl (C=O) groups excluding carboxylic acids is 1. The van der Waals surface area contributed by atoms with Gasteiger partial charge in [0, 0.05) is 23.5 Å². The van der Waals surface area contributed by atoms with Crippen molar-refractivity contribution in [3.63, 3.8) is 0 Å². The Hall–Kier alpha value is -4.32. The van der Waals surface area contributed by atoms with Gasteiger partial charge in [0.1, 0.15) is 11.6 Å². The SMILES string of the molecule is O=C(Cc1ccc(F)cc1)Nc1cc(-c2[nH]c3cccnc3c2-c2ccccc2)ccn1. The Bertz CT molecular complexity index is 1390. The lowest BCUT2D eigenvalue weighted by atomic mass is 10.0. The predicted octanol–water partition coefficient (Wildman–Crippen LogP) is 5.61. The molecule has 156 valence electrons. The molecule has 0 aliphatic heterocycles. The number of fused-ring (bicyclic) bond motifs is 1. The average Bonchev–Trinajstić information content (AvgIpc) is 3.21. The third kappa shape index (κ3) is 3.98. The molecule has 0 bridgehead atoms. The number of anilines is 1. The number of benzene rings is 2. The van der Waals surface area contributed by atoms with E-state index < -0.39 is 0 Å². The fraction of sp³-hybridized carbons (Fsp3) is 0.0385. The molecule has 2 aromatic carbocycles. The topological polar surface area (TPSA) is 70.7 Å². The Morgan fingerprint density at radius 1 is 0.875 bits per heavy atom. The van der Waals surface area contributed by atoms with E-state index in [0.717, 1.165) is 39.0 Å². The summed E-state index contributed by atoms with van der Waals surface area (Å²) in [6.07, 6.45) is 3.58. The number of aromatic nitrogens is 3. The van der Waals surface area contributed by atoms with Crippen LogP contribution in [0.15, 0.2) is 91.3 Å². The lowest BCUT2D eigenvalue weighted by molar-refractivity contribution is -0.115. The van der Waals surface area contributed by atoms with Crippen LogP contribution in [0.5, 0.6) is 0 Å². The van der Waals surface area contributed by atoms with Crippen molar-refractivity contribution < 1.29 is 9.18 Å². The van der Waals surface area contributed by atoms with Crippen LogP contribution in [0.4, 0.5) is 10.2 Å². The highest BCUT2D eigenvalue weighted by Gasteiger charge is 2.16. The lowest BCUT2D eigenvalue weighted by Gasteiger charge is -2.08. The number of amides is 1. The van der Waals surface area contributed by atoms with Crippen molar-refractivity contribution in [1.82, 2.24) is 15.0 Å². The van der Waals surface area contributed by atoms with Crippen molar-refractivity contribution in [3.8, 4) is 22.4 Å². The van der Waals surface area contributed by atoms with Gasteiger partial charge in [0.25, 0.3) is 0 Å². The Kier molecular flexibility index (Phi) is 5.17. The van der Waals surface area contributed by atoms with Crippen LogP contribution in [0.1, 0.15) is 5.56 Å². The molecule has 0 saturated carbocycles. The lowest BCUT2D eigenvalue weighted by Crippen LogP contribution is -2.15. The smallest absolute Gasteiger partial charge is 0.229 e. The standard InChI is InChI=1S/C26H19FN4O/c27-20-10-8-17(9-11-20)15-23(32)31-22-16-19(12-14-28-22)25-24(18-5-2-1-3-6-18)26-21(30-25)7-4-13-29-26/h1-14,16,30H,15H2,(H,28,31,32). The number of aromatic amines is 1. The zero-order valence-corrected chi connectivity index (χ0v) is 17.0. The monoisotopic (exact) mass is 422 g/mol. The van der Waals surface area contributed by atoms with E-state index in [1.54, 1.807) is 24.5 Å². The molecule has 0 aliphatic rings. The highest BCUT2D eigenvalue weighted by Crippen LogP contribution is 2.37. The first kappa shape index (κ1) is 19.6. The number of rotatable bonds is 5. The van der Waals surface area contributed by atoms with Gasteiger partial charge in [-0.1, -0.05) is 42.5 Å². The van der Waals surface area contributed by atoms with E-state index in [4.69, 9.17) is 0 Å². The van der Waals surface area contributed by atoms with E-state index in [2.05, 4.69) is 20.3 Å². The highest BCUT2D eigenvalue weighted by molar-refractivity contribution is 6.02. The summed E-state index contributed by atoms with van der Waals surface area (Å²) in [5, 5.41) is 2.83. The van der Waals surface area contributed by atoms with Gasteiger partial charge in [-0.3, -0.25) is 9.78 Å². The molecular weight excluding hydrogens is 403 g/mol. The fourth-order valence-corrected chi connectivity index (χ4v) is 3.75. The van der Waals surface area contributed by atoms with Crippen LogP contribution in [-0.2, 0) is 11.2 Å². The maximum absolute atomic E-state index is 13.1. The van der Waals surface area contributed by atoms with Crippen molar-refractivity contribution in [2.24, 2.45) is 0 Å². The van der Waals surface area contributed by atoms with E-state index in [-0.39, 0.29) is 18.1 Å². The Labute approximate surface area is 184 Å². The number of pyridine rings is 2. The van der Waals surface area contributed by atoms with Gasteiger partial charge in [0.15, 0.2) is 0 Å². The molecule has 3 heterocycles. The molecule has 0 radical (unpaired) electrons. The zero-order valence-electron chi connectivity index (χ0n) is 17.0. The minimum atomic E-state index is -0.328. The van der Waals surface area contributed by atoms with Gasteiger partial charge in [-0.05, 0) is 47.5 Å². The first-order chi connectivity index (χ1) is 15.7. The van der Waals surface area contributed by atoms with Gasteiger partial charge >= 0.3 is 0 Å². The number of carbonyl (C=O) groups is 1. The summed E-state index contributed by atoms with van der Waals surface area (Å²) in [5.74, 6) is -0.103. The fourth-order valence-electron chi connectivity index (χ4n) is 3.75. The van der Waals surface area contributed by atoms with Crippen LogP contribution in [0.2, 0.25) is 0 Å². The van der Waals surface area contributed by atoms with Crippen LogP contribution in [0.3, 0.4) is 0 Å². The van der Waals surface area contributed by atoms with E-state index in [1.165, 1.54) is 12.1 Å². The second-order valence-corrected chi connectivity index (χ2v) is 7.42. The minimum absolute atomic E-state index is 0.137. The van der Waals surface area contributed by atoms with Crippen LogP contribution in [-0.4, -0.2) is 20.9 Å². The number of halogens is 1. The molecule has 5 aromatic rings. The largest absolute Gasteiger partial charge is 0.353 e. The molecule has 0 aliphatic carbocycles. The Morgan fingerprint density at radius 3 is 2.50 bits per heavy atom. The summed E-state index contributed by atoms with van der Waals surface area (Å²) < 4.78 is 13.1. The third-order valence-electron chi connectivity index (χ3n) is 5.21. The molecule has 32 heavy (non-hydrogen) atoms. The average molecular weight is 422 g/mol. The van der Waals surface area contributed by atoms with Gasteiger partial charge < -0.3 is 10.3 Å². The van der Waals surface area contributed by atoms with Gasteiger partial charge in [-0.15, -0.1) is 0 Å². The van der Waals surface area contributed by atoms with Gasteiger partial charge in [-0.2, -0.15) is 0 Å².